The van der Waals surface area contributed by atoms with E-state index in [4.69, 9.17) is 0 Å². The van der Waals surface area contributed by atoms with Crippen LogP contribution in [-0.2, 0) is 0 Å². The summed E-state index contributed by atoms with van der Waals surface area (Å²) in [5, 5.41) is 20.4. The standard InChI is InChI=1S/C22H15NO2S/c23-15-19(16-10-12-17(13-11-16)22(24)25)14-18-6-4-5-9-21(18)26-20-7-2-1-3-8-20/h1-14H,(H,24,25)/p-1/b19-14+. The molecule has 0 saturated heterocycles. The first-order valence-corrected chi connectivity index (χ1v) is 8.74. The summed E-state index contributed by atoms with van der Waals surface area (Å²) in [6, 6.07) is 26.2. The molecule has 0 heterocycles. The molecular formula is C22H14NO2S-. The van der Waals surface area contributed by atoms with Crippen molar-refractivity contribution in [3.63, 3.8) is 0 Å². The fourth-order valence-corrected chi connectivity index (χ4v) is 3.37. The molecule has 0 amide bonds. The summed E-state index contributed by atoms with van der Waals surface area (Å²) < 4.78 is 0. The van der Waals surface area contributed by atoms with Crippen LogP contribution in [0, 0.1) is 11.3 Å². The Hall–Kier alpha value is -3.29. The van der Waals surface area contributed by atoms with Gasteiger partial charge in [0.05, 0.1) is 17.6 Å². The van der Waals surface area contributed by atoms with E-state index in [1.807, 2.05) is 60.7 Å². The number of aromatic carboxylic acids is 1. The summed E-state index contributed by atoms with van der Waals surface area (Å²) >= 11 is 1.63. The summed E-state index contributed by atoms with van der Waals surface area (Å²) in [5.41, 5.74) is 2.15. The first kappa shape index (κ1) is 17.5. The number of carbonyl (C=O) groups excluding carboxylic acids is 1. The Morgan fingerprint density at radius 1 is 0.885 bits per heavy atom. The van der Waals surface area contributed by atoms with Crippen LogP contribution in [0.4, 0.5) is 0 Å². The molecule has 0 atom stereocenters. The molecule has 0 unspecified atom stereocenters. The molecule has 3 aromatic carbocycles. The maximum absolute atomic E-state index is 10.9. The quantitative estimate of drug-likeness (QED) is 0.506. The first-order valence-electron chi connectivity index (χ1n) is 7.93. The van der Waals surface area contributed by atoms with Crippen molar-refractivity contribution in [1.29, 1.82) is 5.26 Å². The van der Waals surface area contributed by atoms with E-state index in [0.29, 0.717) is 11.1 Å². The van der Waals surface area contributed by atoms with Gasteiger partial charge in [0.25, 0.3) is 0 Å². The predicted molar refractivity (Wildman–Crippen MR) is 101 cm³/mol. The minimum atomic E-state index is -1.23. The van der Waals surface area contributed by atoms with Crippen LogP contribution in [-0.4, -0.2) is 5.97 Å². The van der Waals surface area contributed by atoms with Crippen molar-refractivity contribution >= 4 is 29.4 Å². The van der Waals surface area contributed by atoms with E-state index >= 15 is 0 Å². The highest BCUT2D eigenvalue weighted by molar-refractivity contribution is 7.99. The van der Waals surface area contributed by atoms with Crippen LogP contribution < -0.4 is 5.11 Å². The highest BCUT2D eigenvalue weighted by Gasteiger charge is 2.06. The molecule has 4 heteroatoms. The number of hydrogen-bond acceptors (Lipinski definition) is 4. The smallest absolute Gasteiger partial charge is 0.0998 e. The Morgan fingerprint density at radius 3 is 2.15 bits per heavy atom. The van der Waals surface area contributed by atoms with E-state index in [2.05, 4.69) is 6.07 Å². The lowest BCUT2D eigenvalue weighted by molar-refractivity contribution is -0.255. The number of carboxylic acid groups (broad SMARTS) is 1. The van der Waals surface area contributed by atoms with Crippen molar-refractivity contribution in [2.75, 3.05) is 0 Å². The Bertz CT molecular complexity index is 987. The van der Waals surface area contributed by atoms with E-state index in [1.165, 1.54) is 12.1 Å². The van der Waals surface area contributed by atoms with E-state index in [-0.39, 0.29) is 5.56 Å². The molecule has 0 aliphatic heterocycles. The van der Waals surface area contributed by atoms with E-state index < -0.39 is 5.97 Å². The molecule has 0 aromatic heterocycles. The van der Waals surface area contributed by atoms with Crippen molar-refractivity contribution in [2.45, 2.75) is 9.79 Å². The topological polar surface area (TPSA) is 63.9 Å². The minimum Gasteiger partial charge on any atom is -0.545 e. The highest BCUT2D eigenvalue weighted by Crippen LogP contribution is 2.32. The van der Waals surface area contributed by atoms with Crippen LogP contribution in [0.5, 0.6) is 0 Å². The molecule has 0 spiro atoms. The SMILES string of the molecule is N#C/C(=C\c1ccccc1Sc1ccccc1)c1ccc(C(=O)[O-])cc1. The number of rotatable bonds is 5. The Morgan fingerprint density at radius 2 is 1.50 bits per heavy atom. The average Bonchev–Trinajstić information content (AvgIpc) is 2.68. The van der Waals surface area contributed by atoms with E-state index in [9.17, 15) is 15.2 Å². The minimum absolute atomic E-state index is 0.0890. The number of carbonyl (C=O) groups is 1. The van der Waals surface area contributed by atoms with Gasteiger partial charge in [-0.05, 0) is 41.0 Å². The molecule has 0 radical (unpaired) electrons. The number of nitriles is 1. The van der Waals surface area contributed by atoms with Gasteiger partial charge in [-0.2, -0.15) is 5.26 Å². The number of benzene rings is 3. The number of nitrogens with zero attached hydrogens (tertiary/aromatic N) is 1. The lowest BCUT2D eigenvalue weighted by Crippen LogP contribution is -2.21. The number of allylic oxidation sites excluding steroid dienone is 1. The van der Waals surface area contributed by atoms with Crippen LogP contribution >= 0.6 is 11.8 Å². The lowest BCUT2D eigenvalue weighted by Gasteiger charge is -2.08. The second-order valence-electron chi connectivity index (χ2n) is 5.49. The molecule has 126 valence electrons. The van der Waals surface area contributed by atoms with Crippen LogP contribution in [0.25, 0.3) is 11.6 Å². The number of hydrogen-bond donors (Lipinski definition) is 0. The normalized spacial score (nSPS) is 11.0. The van der Waals surface area contributed by atoms with Crippen molar-refractivity contribution in [2.24, 2.45) is 0 Å². The van der Waals surface area contributed by atoms with Crippen molar-refractivity contribution in [1.82, 2.24) is 0 Å². The summed E-state index contributed by atoms with van der Waals surface area (Å²) in [4.78, 5) is 13.0. The van der Waals surface area contributed by atoms with Gasteiger partial charge in [-0.25, -0.2) is 0 Å². The third kappa shape index (κ3) is 4.21. The van der Waals surface area contributed by atoms with Gasteiger partial charge in [0.15, 0.2) is 0 Å². The predicted octanol–water partition coefficient (Wildman–Crippen LogP) is 4.27. The zero-order chi connectivity index (χ0) is 18.4. The molecule has 0 bridgehead atoms. The fraction of sp³-hybridized carbons (Fsp3) is 0. The molecule has 3 rings (SSSR count). The maximum Gasteiger partial charge on any atom is 0.0998 e. The Kier molecular flexibility index (Phi) is 5.52. The largest absolute Gasteiger partial charge is 0.545 e. The number of carboxylic acids is 1. The second kappa shape index (κ2) is 8.19. The Labute approximate surface area is 156 Å². The summed E-state index contributed by atoms with van der Waals surface area (Å²) in [6.07, 6.45) is 1.82. The van der Waals surface area contributed by atoms with Crippen molar-refractivity contribution < 1.29 is 9.90 Å². The van der Waals surface area contributed by atoms with Gasteiger partial charge in [0.2, 0.25) is 0 Å². The van der Waals surface area contributed by atoms with Crippen LogP contribution in [0.2, 0.25) is 0 Å². The zero-order valence-corrected chi connectivity index (χ0v) is 14.6. The van der Waals surface area contributed by atoms with E-state index in [1.54, 1.807) is 23.9 Å². The average molecular weight is 356 g/mol. The molecule has 3 aromatic rings. The van der Waals surface area contributed by atoms with Crippen molar-refractivity contribution in [3.8, 4) is 6.07 Å². The summed E-state index contributed by atoms with van der Waals surface area (Å²) in [5.74, 6) is -1.23. The molecule has 0 aliphatic rings. The molecule has 0 aliphatic carbocycles. The van der Waals surface area contributed by atoms with E-state index in [0.717, 1.165) is 15.4 Å². The van der Waals surface area contributed by atoms with Gasteiger partial charge in [-0.15, -0.1) is 0 Å². The molecule has 0 fully saturated rings. The second-order valence-corrected chi connectivity index (χ2v) is 6.60. The van der Waals surface area contributed by atoms with Gasteiger partial charge in [0, 0.05) is 9.79 Å². The first-order chi connectivity index (χ1) is 12.7. The monoisotopic (exact) mass is 356 g/mol. The molecule has 3 nitrogen and oxygen atoms in total. The van der Waals surface area contributed by atoms with Gasteiger partial charge < -0.3 is 9.90 Å². The Balaban J connectivity index is 1.95. The zero-order valence-electron chi connectivity index (χ0n) is 13.8. The van der Waals surface area contributed by atoms with Gasteiger partial charge >= 0.3 is 0 Å². The third-order valence-corrected chi connectivity index (χ3v) is 4.84. The third-order valence-electron chi connectivity index (χ3n) is 3.74. The van der Waals surface area contributed by atoms with Gasteiger partial charge in [-0.1, -0.05) is 72.4 Å². The molecule has 0 N–H and O–H groups in total. The van der Waals surface area contributed by atoms with Crippen LogP contribution in [0.3, 0.4) is 0 Å². The van der Waals surface area contributed by atoms with Gasteiger partial charge in [0.1, 0.15) is 0 Å². The highest BCUT2D eigenvalue weighted by atomic mass is 32.2. The van der Waals surface area contributed by atoms with Gasteiger partial charge in [-0.3, -0.25) is 0 Å². The fourth-order valence-electron chi connectivity index (χ4n) is 2.43. The van der Waals surface area contributed by atoms with Crippen molar-refractivity contribution in [3.05, 3.63) is 95.6 Å². The molecule has 26 heavy (non-hydrogen) atoms. The van der Waals surface area contributed by atoms with Crippen LogP contribution in [0.1, 0.15) is 21.5 Å². The lowest BCUT2D eigenvalue weighted by atomic mass is 10.0. The maximum atomic E-state index is 10.9. The summed E-state index contributed by atoms with van der Waals surface area (Å²) in [7, 11) is 0. The molecule has 0 saturated carbocycles. The van der Waals surface area contributed by atoms with Crippen LogP contribution in [0.15, 0.2) is 88.7 Å². The molecular weight excluding hydrogens is 342 g/mol. The summed E-state index contributed by atoms with van der Waals surface area (Å²) in [6.45, 7) is 0.